The standard InChI is InChI=1S/C10H9NO2S/c1-14-10-6-7(5-9(12)11-10)8-3-2-4-13-8/h2-6H,1H3,(H,11,12). The van der Waals surface area contributed by atoms with E-state index >= 15 is 0 Å². The molecule has 2 aromatic rings. The maximum Gasteiger partial charge on any atom is 0.249 e. The van der Waals surface area contributed by atoms with Crippen molar-refractivity contribution < 1.29 is 4.42 Å². The monoisotopic (exact) mass is 207 g/mol. The van der Waals surface area contributed by atoms with Crippen LogP contribution in [0.1, 0.15) is 0 Å². The highest BCUT2D eigenvalue weighted by Crippen LogP contribution is 2.21. The number of thioether (sulfide) groups is 1. The molecule has 14 heavy (non-hydrogen) atoms. The van der Waals surface area contributed by atoms with E-state index in [-0.39, 0.29) is 5.56 Å². The van der Waals surface area contributed by atoms with Crippen LogP contribution in [0.2, 0.25) is 0 Å². The normalized spacial score (nSPS) is 10.4. The summed E-state index contributed by atoms with van der Waals surface area (Å²) >= 11 is 1.50. The van der Waals surface area contributed by atoms with Crippen molar-refractivity contribution in [2.45, 2.75) is 5.03 Å². The van der Waals surface area contributed by atoms with Crippen molar-refractivity contribution in [3.63, 3.8) is 0 Å². The molecule has 0 aromatic carbocycles. The van der Waals surface area contributed by atoms with E-state index in [4.69, 9.17) is 4.42 Å². The van der Waals surface area contributed by atoms with Gasteiger partial charge in [-0.3, -0.25) is 4.79 Å². The molecule has 0 unspecified atom stereocenters. The molecule has 2 aromatic heterocycles. The molecule has 0 atom stereocenters. The minimum absolute atomic E-state index is 0.108. The second-order valence-corrected chi connectivity index (χ2v) is 3.63. The van der Waals surface area contributed by atoms with Gasteiger partial charge in [0.25, 0.3) is 0 Å². The second-order valence-electron chi connectivity index (χ2n) is 2.78. The smallest absolute Gasteiger partial charge is 0.249 e. The summed E-state index contributed by atoms with van der Waals surface area (Å²) in [6.07, 6.45) is 3.51. The molecule has 2 rings (SSSR count). The topological polar surface area (TPSA) is 46.0 Å². The molecule has 72 valence electrons. The lowest BCUT2D eigenvalue weighted by molar-refractivity contribution is 0.582. The van der Waals surface area contributed by atoms with E-state index in [0.29, 0.717) is 5.76 Å². The van der Waals surface area contributed by atoms with Crippen molar-refractivity contribution in [2.24, 2.45) is 0 Å². The van der Waals surface area contributed by atoms with E-state index in [1.165, 1.54) is 17.8 Å². The molecule has 4 heteroatoms. The quantitative estimate of drug-likeness (QED) is 0.769. The lowest BCUT2D eigenvalue weighted by Gasteiger charge is -1.99. The molecule has 0 aliphatic carbocycles. The fourth-order valence-corrected chi connectivity index (χ4v) is 1.66. The zero-order chi connectivity index (χ0) is 9.97. The number of furan rings is 1. The Morgan fingerprint density at radius 1 is 1.43 bits per heavy atom. The van der Waals surface area contributed by atoms with Gasteiger partial charge in [0.2, 0.25) is 5.56 Å². The van der Waals surface area contributed by atoms with Gasteiger partial charge in [-0.25, -0.2) is 0 Å². The van der Waals surface area contributed by atoms with Crippen LogP contribution in [0.5, 0.6) is 0 Å². The summed E-state index contributed by atoms with van der Waals surface area (Å²) in [5.41, 5.74) is 0.700. The average molecular weight is 207 g/mol. The first-order valence-corrected chi connectivity index (χ1v) is 5.34. The largest absolute Gasteiger partial charge is 0.464 e. The van der Waals surface area contributed by atoms with Gasteiger partial charge in [-0.2, -0.15) is 0 Å². The summed E-state index contributed by atoms with van der Waals surface area (Å²) in [5, 5.41) is 0.837. The highest BCUT2D eigenvalue weighted by molar-refractivity contribution is 7.98. The predicted molar refractivity (Wildman–Crippen MR) is 56.5 cm³/mol. The van der Waals surface area contributed by atoms with Crippen LogP contribution >= 0.6 is 11.8 Å². The zero-order valence-electron chi connectivity index (χ0n) is 7.61. The van der Waals surface area contributed by atoms with Crippen molar-refractivity contribution in [3.05, 3.63) is 40.9 Å². The number of aromatic amines is 1. The number of H-pyrrole nitrogens is 1. The number of nitrogens with one attached hydrogen (secondary N) is 1. The number of pyridine rings is 1. The molecule has 3 nitrogen and oxygen atoms in total. The van der Waals surface area contributed by atoms with Gasteiger partial charge in [0, 0.05) is 11.6 Å². The Hall–Kier alpha value is -1.42. The van der Waals surface area contributed by atoms with Crippen LogP contribution < -0.4 is 5.56 Å². The SMILES string of the molecule is CSc1cc(-c2ccco2)cc(=O)[nH]1. The molecule has 0 saturated heterocycles. The van der Waals surface area contributed by atoms with Gasteiger partial charge in [0.15, 0.2) is 0 Å². The third-order valence-electron chi connectivity index (χ3n) is 1.85. The predicted octanol–water partition coefficient (Wildman–Crippen LogP) is 2.36. The molecule has 0 saturated carbocycles. The van der Waals surface area contributed by atoms with Crippen LogP contribution in [-0.2, 0) is 0 Å². The van der Waals surface area contributed by atoms with E-state index in [9.17, 15) is 4.79 Å². The van der Waals surface area contributed by atoms with Crippen LogP contribution in [0.15, 0.2) is 44.8 Å². The Bertz CT molecular complexity index is 473. The lowest BCUT2D eigenvalue weighted by atomic mass is 10.2. The van der Waals surface area contributed by atoms with E-state index in [2.05, 4.69) is 4.98 Å². The fourth-order valence-electron chi connectivity index (χ4n) is 1.21. The maximum absolute atomic E-state index is 11.3. The molecule has 2 heterocycles. The molecule has 1 N–H and O–H groups in total. The van der Waals surface area contributed by atoms with Gasteiger partial charge in [-0.1, -0.05) is 0 Å². The molecule has 0 bridgehead atoms. The highest BCUT2D eigenvalue weighted by atomic mass is 32.2. The summed E-state index contributed by atoms with van der Waals surface area (Å²) in [7, 11) is 0. The first kappa shape index (κ1) is 9.15. The van der Waals surface area contributed by atoms with Gasteiger partial charge in [0.1, 0.15) is 5.76 Å². The van der Waals surface area contributed by atoms with E-state index in [1.54, 1.807) is 12.3 Å². The molecule has 0 radical (unpaired) electrons. The van der Waals surface area contributed by atoms with Crippen LogP contribution in [0.3, 0.4) is 0 Å². The number of aromatic nitrogens is 1. The second kappa shape index (κ2) is 3.75. The Labute approximate surface area is 85.2 Å². The third kappa shape index (κ3) is 1.75. The minimum Gasteiger partial charge on any atom is -0.464 e. The minimum atomic E-state index is -0.108. The molecule has 0 aliphatic heterocycles. The Morgan fingerprint density at radius 3 is 2.93 bits per heavy atom. The first-order chi connectivity index (χ1) is 6.79. The number of hydrogen-bond acceptors (Lipinski definition) is 3. The van der Waals surface area contributed by atoms with E-state index < -0.39 is 0 Å². The third-order valence-corrected chi connectivity index (χ3v) is 2.50. The van der Waals surface area contributed by atoms with Gasteiger partial charge in [-0.15, -0.1) is 11.8 Å². The van der Waals surface area contributed by atoms with Crippen LogP contribution in [0.25, 0.3) is 11.3 Å². The van der Waals surface area contributed by atoms with Crippen LogP contribution in [0.4, 0.5) is 0 Å². The molecular formula is C10H9NO2S. The molecule has 0 spiro atoms. The summed E-state index contributed by atoms with van der Waals surface area (Å²) in [5.74, 6) is 0.714. The Morgan fingerprint density at radius 2 is 2.29 bits per heavy atom. The van der Waals surface area contributed by atoms with Gasteiger partial charge < -0.3 is 9.40 Å². The van der Waals surface area contributed by atoms with Crippen molar-refractivity contribution in [3.8, 4) is 11.3 Å². The summed E-state index contributed by atoms with van der Waals surface area (Å²) in [6, 6.07) is 7.05. The molecule has 0 fully saturated rings. The number of rotatable bonds is 2. The van der Waals surface area contributed by atoms with Gasteiger partial charge in [0.05, 0.1) is 11.3 Å². The van der Waals surface area contributed by atoms with Gasteiger partial charge in [-0.05, 0) is 24.5 Å². The Balaban J connectivity index is 2.54. The molecular weight excluding hydrogens is 198 g/mol. The highest BCUT2D eigenvalue weighted by Gasteiger charge is 2.03. The van der Waals surface area contributed by atoms with Crippen molar-refractivity contribution in [2.75, 3.05) is 6.26 Å². The van der Waals surface area contributed by atoms with Crippen molar-refractivity contribution in [1.29, 1.82) is 0 Å². The molecule has 0 amide bonds. The lowest BCUT2D eigenvalue weighted by Crippen LogP contribution is -2.04. The fraction of sp³-hybridized carbons (Fsp3) is 0.100. The zero-order valence-corrected chi connectivity index (χ0v) is 8.43. The first-order valence-electron chi connectivity index (χ1n) is 4.12. The van der Waals surface area contributed by atoms with Crippen LogP contribution in [0, 0.1) is 0 Å². The van der Waals surface area contributed by atoms with Crippen molar-refractivity contribution >= 4 is 11.8 Å². The summed E-state index contributed by atoms with van der Waals surface area (Å²) in [4.78, 5) is 14.0. The van der Waals surface area contributed by atoms with E-state index in [1.807, 2.05) is 18.4 Å². The van der Waals surface area contributed by atoms with E-state index in [0.717, 1.165) is 10.6 Å². The maximum atomic E-state index is 11.3. The Kier molecular flexibility index (Phi) is 2.45. The average Bonchev–Trinajstić information content (AvgIpc) is 2.69. The van der Waals surface area contributed by atoms with Crippen molar-refractivity contribution in [1.82, 2.24) is 4.98 Å². The summed E-state index contributed by atoms with van der Waals surface area (Å²) in [6.45, 7) is 0. The summed E-state index contributed by atoms with van der Waals surface area (Å²) < 4.78 is 5.21. The molecule has 0 aliphatic rings. The van der Waals surface area contributed by atoms with Gasteiger partial charge >= 0.3 is 0 Å². The van der Waals surface area contributed by atoms with Crippen LogP contribution in [-0.4, -0.2) is 11.2 Å². The number of hydrogen-bond donors (Lipinski definition) is 1.